The lowest BCUT2D eigenvalue weighted by Gasteiger charge is -2.27. The number of hydrazine groups is 1. The number of aliphatic carboxylic acids is 1. The first kappa shape index (κ1) is 17.8. The number of carboxylic acids is 1. The fourth-order valence-corrected chi connectivity index (χ4v) is 1.38. The Morgan fingerprint density at radius 1 is 1.50 bits per heavy atom. The summed E-state index contributed by atoms with van der Waals surface area (Å²) in [6.07, 6.45) is 2.13. The van der Waals surface area contributed by atoms with Gasteiger partial charge in [0.1, 0.15) is 11.7 Å². The Bertz CT molecular complexity index is 485. The fourth-order valence-electron chi connectivity index (χ4n) is 1.38. The zero-order valence-electron chi connectivity index (χ0n) is 11.6. The minimum Gasteiger partial charge on any atom is -0.478 e. The molecule has 1 aliphatic rings. The number of hydrogen-bond donors (Lipinski definition) is 3. The zero-order chi connectivity index (χ0) is 16.0. The molecular formula is C12H18N4O4. The maximum absolute atomic E-state index is 12.0. The van der Waals surface area contributed by atoms with E-state index in [1.807, 2.05) is 0 Å². The maximum Gasteiger partial charge on any atom is 0.349 e. The molecule has 20 heavy (non-hydrogen) atoms. The number of hydrogen-bond acceptors (Lipinski definition) is 7. The first-order valence-electron chi connectivity index (χ1n) is 5.66. The highest BCUT2D eigenvalue weighted by Gasteiger charge is 2.44. The Morgan fingerprint density at radius 2 is 2.05 bits per heavy atom. The molecule has 0 aromatic carbocycles. The van der Waals surface area contributed by atoms with Gasteiger partial charge in [0, 0.05) is 18.2 Å². The first-order chi connectivity index (χ1) is 9.20. The summed E-state index contributed by atoms with van der Waals surface area (Å²) in [6.45, 7) is 4.99. The third-order valence-corrected chi connectivity index (χ3v) is 2.21. The number of carbonyl (C=O) groups excluding carboxylic acids is 1. The van der Waals surface area contributed by atoms with Gasteiger partial charge in [0.25, 0.3) is 0 Å². The third kappa shape index (κ3) is 4.46. The van der Waals surface area contributed by atoms with Crippen molar-refractivity contribution in [1.82, 2.24) is 0 Å². The number of rotatable bonds is 2. The van der Waals surface area contributed by atoms with E-state index in [2.05, 4.69) is 16.7 Å². The van der Waals surface area contributed by atoms with Crippen molar-refractivity contribution in [3.05, 3.63) is 11.6 Å². The Balaban J connectivity index is 0.00000172. The molecule has 0 amide bonds. The number of allylic oxidation sites excluding steroid dienone is 1. The normalized spacial score (nSPS) is 20.9. The second-order valence-corrected chi connectivity index (χ2v) is 4.93. The largest absolute Gasteiger partial charge is 0.478 e. The molecule has 0 saturated carbocycles. The van der Waals surface area contributed by atoms with Crippen LogP contribution in [0.2, 0.25) is 0 Å². The number of nitriles is 1. The molecule has 110 valence electrons. The molecular weight excluding hydrogens is 264 g/mol. The molecule has 1 heterocycles. The lowest BCUT2D eigenvalue weighted by Crippen LogP contribution is -2.43. The van der Waals surface area contributed by atoms with E-state index >= 15 is 0 Å². The van der Waals surface area contributed by atoms with E-state index in [9.17, 15) is 9.59 Å². The van der Waals surface area contributed by atoms with E-state index in [1.165, 1.54) is 6.08 Å². The van der Waals surface area contributed by atoms with E-state index < -0.39 is 23.1 Å². The summed E-state index contributed by atoms with van der Waals surface area (Å²) in [5, 5.41) is 18.0. The molecule has 0 bridgehead atoms. The minimum absolute atomic E-state index is 0.0441. The van der Waals surface area contributed by atoms with Gasteiger partial charge in [-0.15, -0.1) is 0 Å². The molecule has 0 spiro atoms. The van der Waals surface area contributed by atoms with Crippen LogP contribution in [0.4, 0.5) is 0 Å². The molecule has 0 aliphatic carbocycles. The van der Waals surface area contributed by atoms with Gasteiger partial charge in [-0.3, -0.25) is 16.7 Å². The summed E-state index contributed by atoms with van der Waals surface area (Å²) < 4.78 is 5.10. The molecule has 0 radical (unpaired) electrons. The molecule has 5 N–H and O–H groups in total. The average Bonchev–Trinajstić information content (AvgIpc) is 2.39. The van der Waals surface area contributed by atoms with Crippen molar-refractivity contribution in [2.24, 2.45) is 16.7 Å². The van der Waals surface area contributed by atoms with Crippen LogP contribution in [0.1, 0.15) is 27.2 Å². The summed E-state index contributed by atoms with van der Waals surface area (Å²) in [5.74, 6) is 5.99. The predicted molar refractivity (Wildman–Crippen MR) is 71.4 cm³/mol. The summed E-state index contributed by atoms with van der Waals surface area (Å²) in [4.78, 5) is 26.6. The molecule has 1 atom stereocenters. The predicted octanol–water partition coefficient (Wildman–Crippen LogP) is -0.105. The molecule has 1 unspecified atom stereocenters. The first-order valence-corrected chi connectivity index (χ1v) is 5.66. The van der Waals surface area contributed by atoms with E-state index in [4.69, 9.17) is 15.1 Å². The van der Waals surface area contributed by atoms with Crippen LogP contribution in [0.15, 0.2) is 16.6 Å². The van der Waals surface area contributed by atoms with Crippen LogP contribution >= 0.6 is 0 Å². The van der Waals surface area contributed by atoms with Crippen LogP contribution in [0.25, 0.3) is 0 Å². The number of esters is 1. The highest BCUT2D eigenvalue weighted by Crippen LogP contribution is 2.27. The van der Waals surface area contributed by atoms with Gasteiger partial charge in [-0.1, -0.05) is 0 Å². The highest BCUT2D eigenvalue weighted by atomic mass is 16.6. The standard InChI is InChI=1S/C12H14N2O4.H4N2/c1-11(2,3)18-10(17)12(7-13)6-8(9(15)16)4-5-14-12;1-2/h4-5H,6H2,1-3H3,(H,15,16);1-2H2. The summed E-state index contributed by atoms with van der Waals surface area (Å²) in [6, 6.07) is 1.75. The molecule has 0 aromatic rings. The van der Waals surface area contributed by atoms with Gasteiger partial charge in [0.2, 0.25) is 5.54 Å². The van der Waals surface area contributed by atoms with Crippen molar-refractivity contribution in [3.8, 4) is 6.07 Å². The van der Waals surface area contributed by atoms with Gasteiger partial charge in [-0.25, -0.2) is 9.59 Å². The second kappa shape index (κ2) is 6.79. The summed E-state index contributed by atoms with van der Waals surface area (Å²) >= 11 is 0. The van der Waals surface area contributed by atoms with Gasteiger partial charge in [0.15, 0.2) is 0 Å². The van der Waals surface area contributed by atoms with E-state index in [0.29, 0.717) is 0 Å². The lowest BCUT2D eigenvalue weighted by atomic mass is 9.90. The summed E-state index contributed by atoms with van der Waals surface area (Å²) in [5.41, 5.74) is -2.60. The van der Waals surface area contributed by atoms with Crippen molar-refractivity contribution in [1.29, 1.82) is 5.26 Å². The smallest absolute Gasteiger partial charge is 0.349 e. The van der Waals surface area contributed by atoms with Crippen LogP contribution < -0.4 is 11.7 Å². The molecule has 1 rings (SSSR count). The maximum atomic E-state index is 12.0. The monoisotopic (exact) mass is 282 g/mol. The van der Waals surface area contributed by atoms with Crippen molar-refractivity contribution in [3.63, 3.8) is 0 Å². The SMILES string of the molecule is CC(C)(C)OC(=O)C1(C#N)CC(C(=O)O)=CC=N1.NN. The van der Waals surface area contributed by atoms with Crippen LogP contribution in [0.3, 0.4) is 0 Å². The molecule has 8 nitrogen and oxygen atoms in total. The van der Waals surface area contributed by atoms with Crippen LogP contribution in [0, 0.1) is 11.3 Å². The Labute approximate surface area is 116 Å². The highest BCUT2D eigenvalue weighted by molar-refractivity contribution is 5.98. The molecule has 0 fully saturated rings. The van der Waals surface area contributed by atoms with Crippen LogP contribution in [-0.2, 0) is 14.3 Å². The van der Waals surface area contributed by atoms with E-state index in [0.717, 1.165) is 6.21 Å². The van der Waals surface area contributed by atoms with Crippen LogP contribution in [-0.4, -0.2) is 34.4 Å². The molecule has 0 saturated heterocycles. The number of aliphatic imine (C=N–C) groups is 1. The molecule has 1 aliphatic heterocycles. The number of dihydropyridines is 1. The number of ether oxygens (including phenoxy) is 1. The van der Waals surface area contributed by atoms with Crippen molar-refractivity contribution in [2.45, 2.75) is 38.3 Å². The van der Waals surface area contributed by atoms with Gasteiger partial charge in [0.05, 0.1) is 0 Å². The second-order valence-electron chi connectivity index (χ2n) is 4.93. The van der Waals surface area contributed by atoms with E-state index in [1.54, 1.807) is 26.8 Å². The van der Waals surface area contributed by atoms with Crippen molar-refractivity contribution in [2.75, 3.05) is 0 Å². The Morgan fingerprint density at radius 3 is 2.45 bits per heavy atom. The van der Waals surface area contributed by atoms with Crippen molar-refractivity contribution >= 4 is 18.2 Å². The third-order valence-electron chi connectivity index (χ3n) is 2.21. The lowest BCUT2D eigenvalue weighted by molar-refractivity contribution is -0.159. The molecule has 8 heteroatoms. The number of nitrogens with zero attached hydrogens (tertiary/aromatic N) is 2. The number of carbonyl (C=O) groups is 2. The van der Waals surface area contributed by atoms with Crippen molar-refractivity contribution < 1.29 is 19.4 Å². The Hall–Kier alpha value is -2.24. The van der Waals surface area contributed by atoms with E-state index in [-0.39, 0.29) is 12.0 Å². The van der Waals surface area contributed by atoms with Crippen LogP contribution in [0.5, 0.6) is 0 Å². The van der Waals surface area contributed by atoms with Gasteiger partial charge >= 0.3 is 11.9 Å². The van der Waals surface area contributed by atoms with Gasteiger partial charge in [-0.2, -0.15) is 5.26 Å². The number of nitrogens with two attached hydrogens (primary N) is 2. The Kier molecular flexibility index (Phi) is 6.03. The zero-order valence-corrected chi connectivity index (χ0v) is 11.6. The van der Waals surface area contributed by atoms with Gasteiger partial charge < -0.3 is 9.84 Å². The van der Waals surface area contributed by atoms with Gasteiger partial charge in [-0.05, 0) is 26.8 Å². The fraction of sp³-hybridized carbons (Fsp3) is 0.500. The topological polar surface area (TPSA) is 152 Å². The molecule has 0 aromatic heterocycles. The quantitative estimate of drug-likeness (QED) is 0.363. The summed E-state index contributed by atoms with van der Waals surface area (Å²) in [7, 11) is 0. The minimum atomic E-state index is -1.80. The average molecular weight is 282 g/mol. The number of carboxylic acid groups (broad SMARTS) is 1.